The van der Waals surface area contributed by atoms with E-state index in [1.165, 1.54) is 22.9 Å². The first kappa shape index (κ1) is 28.0. The number of aryl methyl sites for hydroxylation is 1. The quantitative estimate of drug-likeness (QED) is 0.255. The van der Waals surface area contributed by atoms with Crippen LogP contribution in [0.2, 0.25) is 0 Å². The summed E-state index contributed by atoms with van der Waals surface area (Å²) in [5.74, 6) is -1.66. The van der Waals surface area contributed by atoms with Crippen molar-refractivity contribution in [2.45, 2.75) is 12.5 Å². The zero-order valence-electron chi connectivity index (χ0n) is 23.5. The van der Waals surface area contributed by atoms with Crippen LogP contribution in [0.15, 0.2) is 41.6 Å². The van der Waals surface area contributed by atoms with Gasteiger partial charge in [-0.3, -0.25) is 4.79 Å². The Bertz CT molecular complexity index is 1860. The molecule has 4 N–H and O–H groups in total. The van der Waals surface area contributed by atoms with Gasteiger partial charge in [-0.2, -0.15) is 0 Å². The highest BCUT2D eigenvalue weighted by Crippen LogP contribution is 2.43. The number of benzene rings is 1. The molecule has 5 heterocycles. The first-order valence-electron chi connectivity index (χ1n) is 13.1. The molecule has 1 atom stereocenters. The van der Waals surface area contributed by atoms with Crippen LogP contribution in [-0.2, 0) is 7.05 Å². The number of carboxylic acids is 1. The number of carbonyl (C=O) groups is 1. The zero-order valence-corrected chi connectivity index (χ0v) is 23.5. The molecule has 4 aromatic heterocycles. The van der Waals surface area contributed by atoms with Crippen molar-refractivity contribution >= 4 is 50.3 Å². The van der Waals surface area contributed by atoms with Gasteiger partial charge in [-0.15, -0.1) is 0 Å². The predicted molar refractivity (Wildman–Crippen MR) is 158 cm³/mol. The number of aromatic nitrogens is 4. The highest BCUT2D eigenvalue weighted by Gasteiger charge is 2.29. The van der Waals surface area contributed by atoms with Crippen LogP contribution < -0.4 is 15.6 Å². The summed E-state index contributed by atoms with van der Waals surface area (Å²) in [5, 5.41) is 21.3. The van der Waals surface area contributed by atoms with Crippen LogP contribution in [0, 0.1) is 5.82 Å². The lowest BCUT2D eigenvalue weighted by Crippen LogP contribution is -2.31. The molecular formula is C29H32FN7O4. The molecule has 0 unspecified atom stereocenters. The number of nitrogens with zero attached hydrogens (tertiary/aromatic N) is 5. The van der Waals surface area contributed by atoms with Crippen LogP contribution >= 0.6 is 0 Å². The van der Waals surface area contributed by atoms with E-state index in [1.54, 1.807) is 32.6 Å². The van der Waals surface area contributed by atoms with Crippen molar-refractivity contribution in [1.29, 1.82) is 0 Å². The number of pyridine rings is 3. The minimum Gasteiger partial charge on any atom is -0.477 e. The van der Waals surface area contributed by atoms with E-state index in [0.717, 1.165) is 48.8 Å². The summed E-state index contributed by atoms with van der Waals surface area (Å²) in [5.41, 5.74) is 3.69. The molecule has 1 saturated heterocycles. The number of hydrogen-bond donors (Lipinski definition) is 4. The Kier molecular flexibility index (Phi) is 7.37. The number of rotatable bonds is 5. The summed E-state index contributed by atoms with van der Waals surface area (Å²) in [4.78, 5) is 41.9. The van der Waals surface area contributed by atoms with E-state index in [4.69, 9.17) is 10.1 Å². The molecule has 1 fully saturated rings. The smallest absolute Gasteiger partial charge is 0.341 e. The number of carboxylic acid groups (broad SMARTS) is 1. The van der Waals surface area contributed by atoms with Crippen LogP contribution in [0.3, 0.4) is 0 Å². The first-order chi connectivity index (χ1) is 19.7. The van der Waals surface area contributed by atoms with Crippen molar-refractivity contribution < 1.29 is 19.4 Å². The van der Waals surface area contributed by atoms with Crippen LogP contribution in [0.5, 0.6) is 0 Å². The lowest BCUT2D eigenvalue weighted by atomic mass is 10.0. The van der Waals surface area contributed by atoms with E-state index < -0.39 is 11.4 Å². The second-order valence-electron chi connectivity index (χ2n) is 10.2. The molecule has 1 aliphatic heterocycles. The highest BCUT2D eigenvalue weighted by molar-refractivity contribution is 6.18. The molecule has 0 amide bonds. The van der Waals surface area contributed by atoms with Crippen LogP contribution in [0.1, 0.15) is 16.8 Å². The zero-order chi connectivity index (χ0) is 29.6. The van der Waals surface area contributed by atoms with Gasteiger partial charge in [0.1, 0.15) is 22.7 Å². The van der Waals surface area contributed by atoms with Crippen LogP contribution in [0.4, 0.5) is 15.8 Å². The Morgan fingerprint density at radius 1 is 1.17 bits per heavy atom. The van der Waals surface area contributed by atoms with Gasteiger partial charge >= 0.3 is 5.97 Å². The first-order valence-corrected chi connectivity index (χ1v) is 13.1. The molecule has 0 bridgehead atoms. The molecule has 5 aromatic rings. The normalized spacial score (nSPS) is 15.1. The highest BCUT2D eigenvalue weighted by atomic mass is 19.1. The molecule has 0 saturated carbocycles. The second-order valence-corrected chi connectivity index (χ2v) is 10.2. The molecule has 0 spiro atoms. The van der Waals surface area contributed by atoms with E-state index in [9.17, 15) is 19.1 Å². The number of aromatic amines is 1. The summed E-state index contributed by atoms with van der Waals surface area (Å²) in [6.45, 7) is 1.54. The number of anilines is 2. The number of hydrogen-bond acceptors (Lipinski definition) is 8. The number of aliphatic hydroxyl groups excluding tert-OH is 1. The van der Waals surface area contributed by atoms with Crippen molar-refractivity contribution in [3.05, 3.63) is 58.4 Å². The number of fused-ring (bicyclic) bond motifs is 4. The monoisotopic (exact) mass is 561 g/mol. The van der Waals surface area contributed by atoms with Crippen molar-refractivity contribution in [3.8, 4) is 11.1 Å². The average molecular weight is 562 g/mol. The van der Waals surface area contributed by atoms with E-state index in [1.807, 2.05) is 0 Å². The number of aliphatic hydroxyl groups is 1. The minimum atomic E-state index is -1.29. The standard InChI is InChI=1S/C28H28FN7O3.CH4O/c1-30-21-9-15(29)8-17-22-24(36-6-5-16(12-36)34(2)3)19(11-31-26(22)33-23(17)21)14-7-18-25(37)20(28(38)39)13-35(4)27(18)32-10-14;1-2/h7-11,13,16,30H,5-6,12H2,1-4H3,(H,31,33)(H,38,39);2H,1H3/t16-;/m1./s1. The predicted octanol–water partition coefficient (Wildman–Crippen LogP) is 3.26. The molecule has 11 nitrogen and oxygen atoms in total. The van der Waals surface area contributed by atoms with E-state index in [2.05, 4.69) is 39.2 Å². The summed E-state index contributed by atoms with van der Waals surface area (Å²) in [7, 11) is 8.51. The van der Waals surface area contributed by atoms with Gasteiger partial charge in [0, 0.05) is 75.4 Å². The Balaban J connectivity index is 0.00000165. The van der Waals surface area contributed by atoms with Crippen molar-refractivity contribution in [3.63, 3.8) is 0 Å². The van der Waals surface area contributed by atoms with Gasteiger partial charge in [-0.25, -0.2) is 19.2 Å². The summed E-state index contributed by atoms with van der Waals surface area (Å²) < 4.78 is 16.3. The fourth-order valence-electron chi connectivity index (χ4n) is 5.68. The van der Waals surface area contributed by atoms with Crippen molar-refractivity contribution in [2.75, 3.05) is 51.6 Å². The average Bonchev–Trinajstić information content (AvgIpc) is 3.60. The molecule has 12 heteroatoms. The third-order valence-electron chi connectivity index (χ3n) is 7.70. The molecule has 1 aliphatic rings. The molecule has 0 aliphatic carbocycles. The SMILES string of the molecule is CNc1cc(F)cc2c1[nH]c1ncc(-c3cnc4c(c3)c(=O)c(C(=O)O)cn4C)c(N3CC[C@@H](N(C)C)C3)c12.CO. The van der Waals surface area contributed by atoms with E-state index in [0.29, 0.717) is 34.0 Å². The van der Waals surface area contributed by atoms with Gasteiger partial charge in [-0.1, -0.05) is 0 Å². The Morgan fingerprint density at radius 3 is 2.59 bits per heavy atom. The Morgan fingerprint density at radius 2 is 1.93 bits per heavy atom. The van der Waals surface area contributed by atoms with E-state index >= 15 is 0 Å². The maximum Gasteiger partial charge on any atom is 0.341 e. The van der Waals surface area contributed by atoms with Gasteiger partial charge in [0.2, 0.25) is 5.43 Å². The second kappa shape index (κ2) is 10.8. The molecule has 41 heavy (non-hydrogen) atoms. The number of nitrogens with one attached hydrogen (secondary N) is 2. The van der Waals surface area contributed by atoms with Crippen LogP contribution in [0.25, 0.3) is 44.1 Å². The number of H-pyrrole nitrogens is 1. The summed E-state index contributed by atoms with van der Waals surface area (Å²) in [6.07, 6.45) is 5.64. The fourth-order valence-corrected chi connectivity index (χ4v) is 5.68. The Hall–Kier alpha value is -4.55. The third-order valence-corrected chi connectivity index (χ3v) is 7.70. The van der Waals surface area contributed by atoms with Gasteiger partial charge in [0.25, 0.3) is 0 Å². The Labute approximate surface area is 234 Å². The lowest BCUT2D eigenvalue weighted by Gasteiger charge is -2.25. The topological polar surface area (TPSA) is 140 Å². The maximum absolute atomic E-state index is 14.8. The van der Waals surface area contributed by atoms with Crippen molar-refractivity contribution in [1.82, 2.24) is 24.4 Å². The van der Waals surface area contributed by atoms with Gasteiger partial charge in [-0.05, 0) is 38.7 Å². The molecule has 6 rings (SSSR count). The maximum atomic E-state index is 14.8. The van der Waals surface area contributed by atoms with Gasteiger partial charge in [0.05, 0.1) is 27.7 Å². The largest absolute Gasteiger partial charge is 0.477 e. The van der Waals surface area contributed by atoms with Gasteiger partial charge < -0.3 is 34.9 Å². The molecule has 214 valence electrons. The van der Waals surface area contributed by atoms with Crippen molar-refractivity contribution in [2.24, 2.45) is 7.05 Å². The molecule has 0 radical (unpaired) electrons. The third kappa shape index (κ3) is 4.64. The summed E-state index contributed by atoms with van der Waals surface area (Å²) >= 11 is 0. The van der Waals surface area contributed by atoms with Gasteiger partial charge in [0.15, 0.2) is 0 Å². The number of halogens is 1. The molecule has 1 aromatic carbocycles. The minimum absolute atomic E-state index is 0.205. The fraction of sp³-hybridized carbons (Fsp3) is 0.310. The number of likely N-dealkylation sites (N-methyl/N-ethyl adjacent to an activating group) is 1. The summed E-state index contributed by atoms with van der Waals surface area (Å²) in [6, 6.07) is 4.96. The molecular weight excluding hydrogens is 529 g/mol. The van der Waals surface area contributed by atoms with Crippen LogP contribution in [-0.4, -0.2) is 88.0 Å². The lowest BCUT2D eigenvalue weighted by molar-refractivity contribution is 0.0695. The van der Waals surface area contributed by atoms with E-state index in [-0.39, 0.29) is 16.8 Å². The number of aromatic carboxylic acids is 1.